The monoisotopic (exact) mass is 263 g/mol. The maximum absolute atomic E-state index is 11.7. The second-order valence-electron chi connectivity index (χ2n) is 3.84. The van der Waals surface area contributed by atoms with E-state index in [1.54, 1.807) is 31.3 Å². The molecule has 2 rings (SSSR count). The summed E-state index contributed by atoms with van der Waals surface area (Å²) in [6.07, 6.45) is 0. The number of aromatic carboxylic acids is 1. The second-order valence-corrected chi connectivity index (χ2v) is 4.27. The fourth-order valence-corrected chi connectivity index (χ4v) is 1.78. The highest BCUT2D eigenvalue weighted by Crippen LogP contribution is 2.20. The van der Waals surface area contributed by atoms with Crippen LogP contribution >= 0.6 is 11.6 Å². The van der Waals surface area contributed by atoms with Gasteiger partial charge in [-0.25, -0.2) is 4.79 Å². The summed E-state index contributed by atoms with van der Waals surface area (Å²) < 4.78 is 1.40. The molecule has 1 heterocycles. The van der Waals surface area contributed by atoms with Gasteiger partial charge in [-0.05, 0) is 23.8 Å². The minimum absolute atomic E-state index is 0.0250. The number of pyridine rings is 1. The number of nitrogens with zero attached hydrogens (tertiary/aromatic N) is 1. The molecule has 0 bridgehead atoms. The lowest BCUT2D eigenvalue weighted by Gasteiger charge is -2.09. The molecule has 4 nitrogen and oxygen atoms in total. The Morgan fingerprint density at radius 3 is 2.39 bits per heavy atom. The summed E-state index contributed by atoms with van der Waals surface area (Å²) in [5.74, 6) is -1.12. The number of aromatic nitrogens is 1. The quantitative estimate of drug-likeness (QED) is 0.905. The van der Waals surface area contributed by atoms with Crippen molar-refractivity contribution in [3.8, 4) is 11.3 Å². The van der Waals surface area contributed by atoms with Gasteiger partial charge in [-0.15, -0.1) is 0 Å². The van der Waals surface area contributed by atoms with Gasteiger partial charge >= 0.3 is 5.97 Å². The van der Waals surface area contributed by atoms with Gasteiger partial charge in [0.1, 0.15) is 0 Å². The van der Waals surface area contributed by atoms with Gasteiger partial charge in [-0.1, -0.05) is 23.7 Å². The van der Waals surface area contributed by atoms with Crippen LogP contribution in [-0.2, 0) is 7.05 Å². The molecule has 5 heteroatoms. The number of benzene rings is 1. The maximum Gasteiger partial charge on any atom is 0.335 e. The zero-order valence-electron chi connectivity index (χ0n) is 9.55. The molecule has 0 atom stereocenters. The second kappa shape index (κ2) is 4.66. The zero-order chi connectivity index (χ0) is 13.3. The molecule has 0 unspecified atom stereocenters. The van der Waals surface area contributed by atoms with E-state index in [1.807, 2.05) is 0 Å². The number of carbonyl (C=O) groups is 1. The lowest BCUT2D eigenvalue weighted by Crippen LogP contribution is -2.19. The van der Waals surface area contributed by atoms with Gasteiger partial charge in [0.2, 0.25) is 0 Å². The number of halogens is 1. The fourth-order valence-electron chi connectivity index (χ4n) is 1.66. The molecule has 0 fully saturated rings. The molecule has 1 N–H and O–H groups in total. The molecule has 92 valence electrons. The van der Waals surface area contributed by atoms with Gasteiger partial charge < -0.3 is 9.67 Å². The Bertz CT molecular complexity index is 659. The lowest BCUT2D eigenvalue weighted by atomic mass is 10.1. The van der Waals surface area contributed by atoms with E-state index in [4.69, 9.17) is 16.7 Å². The number of carboxylic acid groups (broad SMARTS) is 1. The first-order valence-corrected chi connectivity index (χ1v) is 5.57. The Morgan fingerprint density at radius 2 is 1.83 bits per heavy atom. The third-order valence-electron chi connectivity index (χ3n) is 2.65. The van der Waals surface area contributed by atoms with E-state index >= 15 is 0 Å². The van der Waals surface area contributed by atoms with Crippen molar-refractivity contribution < 1.29 is 9.90 Å². The van der Waals surface area contributed by atoms with E-state index in [0.29, 0.717) is 10.7 Å². The van der Waals surface area contributed by atoms with E-state index in [9.17, 15) is 9.59 Å². The Morgan fingerprint density at radius 1 is 1.22 bits per heavy atom. The van der Waals surface area contributed by atoms with E-state index in [-0.39, 0.29) is 11.1 Å². The van der Waals surface area contributed by atoms with E-state index < -0.39 is 5.97 Å². The SMILES string of the molecule is Cn1c(-c2ccc(Cl)cc2)cc(C(=O)O)cc1=O. The summed E-state index contributed by atoms with van der Waals surface area (Å²) in [5, 5.41) is 9.53. The largest absolute Gasteiger partial charge is 0.478 e. The van der Waals surface area contributed by atoms with Crippen LogP contribution in [0.4, 0.5) is 0 Å². The van der Waals surface area contributed by atoms with Crippen molar-refractivity contribution in [1.29, 1.82) is 0 Å². The first-order chi connectivity index (χ1) is 8.49. The minimum Gasteiger partial charge on any atom is -0.478 e. The topological polar surface area (TPSA) is 59.3 Å². The molecule has 0 amide bonds. The molecule has 0 saturated carbocycles. The molecule has 0 aliphatic rings. The molecule has 0 saturated heterocycles. The van der Waals surface area contributed by atoms with Crippen molar-refractivity contribution in [2.75, 3.05) is 0 Å². The van der Waals surface area contributed by atoms with Crippen LogP contribution in [0.2, 0.25) is 5.02 Å². The van der Waals surface area contributed by atoms with Crippen LogP contribution in [0.25, 0.3) is 11.3 Å². The Balaban J connectivity index is 2.66. The number of hydrogen-bond donors (Lipinski definition) is 1. The smallest absolute Gasteiger partial charge is 0.335 e. The summed E-state index contributed by atoms with van der Waals surface area (Å²) in [7, 11) is 1.60. The van der Waals surface area contributed by atoms with Crippen LogP contribution < -0.4 is 5.56 Å². The highest BCUT2D eigenvalue weighted by Gasteiger charge is 2.10. The molecule has 18 heavy (non-hydrogen) atoms. The van der Waals surface area contributed by atoms with Crippen molar-refractivity contribution in [2.45, 2.75) is 0 Å². The minimum atomic E-state index is -1.12. The molecular formula is C13H10ClNO3. The van der Waals surface area contributed by atoms with E-state index in [1.165, 1.54) is 10.6 Å². The van der Waals surface area contributed by atoms with Crippen LogP contribution in [0, 0.1) is 0 Å². The predicted molar refractivity (Wildman–Crippen MR) is 69.1 cm³/mol. The maximum atomic E-state index is 11.7. The molecule has 0 aliphatic carbocycles. The van der Waals surface area contributed by atoms with Gasteiger partial charge in [0.05, 0.1) is 11.3 Å². The summed E-state index contributed by atoms with van der Waals surface area (Å²) >= 11 is 5.79. The van der Waals surface area contributed by atoms with Crippen molar-refractivity contribution in [2.24, 2.45) is 7.05 Å². The van der Waals surface area contributed by atoms with Gasteiger partial charge in [-0.2, -0.15) is 0 Å². The summed E-state index contributed by atoms with van der Waals surface area (Å²) in [6, 6.07) is 9.42. The molecule has 0 spiro atoms. The van der Waals surface area contributed by atoms with Crippen molar-refractivity contribution in [3.05, 3.63) is 57.3 Å². The molecule has 1 aromatic heterocycles. The highest BCUT2D eigenvalue weighted by atomic mass is 35.5. The van der Waals surface area contributed by atoms with Gasteiger partial charge in [0.15, 0.2) is 0 Å². The molecule has 1 aromatic carbocycles. The van der Waals surface area contributed by atoms with Crippen molar-refractivity contribution in [3.63, 3.8) is 0 Å². The summed E-state index contributed by atoms with van der Waals surface area (Å²) in [4.78, 5) is 22.6. The first-order valence-electron chi connectivity index (χ1n) is 5.19. The zero-order valence-corrected chi connectivity index (χ0v) is 10.3. The van der Waals surface area contributed by atoms with Gasteiger partial charge in [-0.3, -0.25) is 4.79 Å². The van der Waals surface area contributed by atoms with E-state index in [0.717, 1.165) is 11.6 Å². The molecule has 0 aliphatic heterocycles. The van der Waals surface area contributed by atoms with Crippen LogP contribution in [0.15, 0.2) is 41.2 Å². The van der Waals surface area contributed by atoms with Crippen LogP contribution in [0.5, 0.6) is 0 Å². The third-order valence-corrected chi connectivity index (χ3v) is 2.90. The normalized spacial score (nSPS) is 10.3. The van der Waals surface area contributed by atoms with Gasteiger partial charge in [0.25, 0.3) is 5.56 Å². The fraction of sp³-hybridized carbons (Fsp3) is 0.0769. The Kier molecular flexibility index (Phi) is 3.21. The average Bonchev–Trinajstić information content (AvgIpc) is 2.33. The number of carboxylic acids is 1. The van der Waals surface area contributed by atoms with Crippen LogP contribution in [0.3, 0.4) is 0 Å². The molecular weight excluding hydrogens is 254 g/mol. The Labute approximate surface area is 108 Å². The van der Waals surface area contributed by atoms with Gasteiger partial charge in [0, 0.05) is 18.1 Å². The van der Waals surface area contributed by atoms with E-state index in [2.05, 4.69) is 0 Å². The molecule has 2 aromatic rings. The highest BCUT2D eigenvalue weighted by molar-refractivity contribution is 6.30. The summed E-state index contributed by atoms with van der Waals surface area (Å²) in [6.45, 7) is 0. The average molecular weight is 264 g/mol. The van der Waals surface area contributed by atoms with Crippen LogP contribution in [0.1, 0.15) is 10.4 Å². The first kappa shape index (κ1) is 12.4. The Hall–Kier alpha value is -2.07. The number of hydrogen-bond acceptors (Lipinski definition) is 2. The molecule has 0 radical (unpaired) electrons. The third kappa shape index (κ3) is 2.28. The number of rotatable bonds is 2. The van der Waals surface area contributed by atoms with Crippen molar-refractivity contribution >= 4 is 17.6 Å². The standard InChI is InChI=1S/C13H10ClNO3/c1-15-11(8-2-4-10(14)5-3-8)6-9(13(17)18)7-12(15)16/h2-7H,1H3,(H,17,18). The van der Waals surface area contributed by atoms with Crippen molar-refractivity contribution in [1.82, 2.24) is 4.57 Å². The predicted octanol–water partition coefficient (Wildman–Crippen LogP) is 2.40. The van der Waals surface area contributed by atoms with Crippen LogP contribution in [-0.4, -0.2) is 15.6 Å². The summed E-state index contributed by atoms with van der Waals surface area (Å²) in [5.41, 5.74) is 0.890. The lowest BCUT2D eigenvalue weighted by molar-refractivity contribution is 0.0696.